The van der Waals surface area contributed by atoms with Gasteiger partial charge in [0.15, 0.2) is 0 Å². The number of ether oxygens (including phenoxy) is 1. The first-order valence-corrected chi connectivity index (χ1v) is 7.75. The molecule has 1 aliphatic rings. The number of para-hydroxylation sites is 1. The average Bonchev–Trinajstić information content (AvgIpc) is 2.52. The van der Waals surface area contributed by atoms with E-state index in [9.17, 15) is 0 Å². The lowest BCUT2D eigenvalue weighted by atomic mass is 10.1. The second kappa shape index (κ2) is 8.17. The van der Waals surface area contributed by atoms with Crippen molar-refractivity contribution in [2.24, 2.45) is 10.7 Å². The van der Waals surface area contributed by atoms with E-state index in [0.29, 0.717) is 29.5 Å². The molecule has 22 heavy (non-hydrogen) atoms. The van der Waals surface area contributed by atoms with Crippen molar-refractivity contribution in [1.29, 1.82) is 5.41 Å². The van der Waals surface area contributed by atoms with E-state index in [4.69, 9.17) is 15.9 Å². The summed E-state index contributed by atoms with van der Waals surface area (Å²) in [5.74, 6) is 0.613. The molecule has 2 rings (SSSR count). The molecule has 0 bridgehead atoms. The Morgan fingerprint density at radius 2 is 1.86 bits per heavy atom. The normalized spacial score (nSPS) is 16.4. The lowest BCUT2D eigenvalue weighted by Crippen LogP contribution is -2.20. The van der Waals surface area contributed by atoms with Gasteiger partial charge in [-0.15, -0.1) is 0 Å². The third-order valence-electron chi connectivity index (χ3n) is 3.39. The average molecular weight is 297 g/mol. The van der Waals surface area contributed by atoms with E-state index in [1.165, 1.54) is 12.8 Å². The van der Waals surface area contributed by atoms with E-state index in [-0.39, 0.29) is 0 Å². The summed E-state index contributed by atoms with van der Waals surface area (Å²) < 4.78 is 5.75. The summed E-state index contributed by atoms with van der Waals surface area (Å²) in [5.41, 5.74) is 8.12. The van der Waals surface area contributed by atoms with E-state index in [2.05, 4.69) is 11.9 Å². The van der Waals surface area contributed by atoms with Gasteiger partial charge in [-0.1, -0.05) is 44.4 Å². The van der Waals surface area contributed by atoms with Gasteiger partial charge in [-0.2, -0.15) is 0 Å². The van der Waals surface area contributed by atoms with Gasteiger partial charge in [0, 0.05) is 6.08 Å². The first-order valence-electron chi connectivity index (χ1n) is 7.75. The summed E-state index contributed by atoms with van der Waals surface area (Å²) in [6, 6.07) is 9.59. The highest BCUT2D eigenvalue weighted by Crippen LogP contribution is 2.17. The van der Waals surface area contributed by atoms with Gasteiger partial charge in [-0.05, 0) is 24.6 Å². The van der Waals surface area contributed by atoms with Gasteiger partial charge in [0.2, 0.25) is 0 Å². The van der Waals surface area contributed by atoms with Crippen molar-refractivity contribution < 1.29 is 4.74 Å². The Morgan fingerprint density at radius 3 is 2.59 bits per heavy atom. The minimum atomic E-state index is 0.305. The summed E-state index contributed by atoms with van der Waals surface area (Å²) in [7, 11) is 0. The molecule has 4 nitrogen and oxygen atoms in total. The van der Waals surface area contributed by atoms with Crippen molar-refractivity contribution >= 4 is 17.1 Å². The van der Waals surface area contributed by atoms with Gasteiger partial charge in [-0.3, -0.25) is 5.41 Å². The number of unbranched alkanes of at least 4 members (excludes halogenated alkanes) is 3. The third-order valence-corrected chi connectivity index (χ3v) is 3.39. The SMILES string of the molecule is CCCCCCOC1=CC(=Nc2ccccc2)C(=N)C=C1N. The molecule has 0 amide bonds. The monoisotopic (exact) mass is 297 g/mol. The van der Waals surface area contributed by atoms with Crippen LogP contribution in [0.4, 0.5) is 5.69 Å². The molecule has 0 atom stereocenters. The highest BCUT2D eigenvalue weighted by atomic mass is 16.5. The predicted molar refractivity (Wildman–Crippen MR) is 91.7 cm³/mol. The summed E-state index contributed by atoms with van der Waals surface area (Å²) in [4.78, 5) is 4.48. The van der Waals surface area contributed by atoms with Gasteiger partial charge in [-0.25, -0.2) is 4.99 Å². The van der Waals surface area contributed by atoms with Crippen LogP contribution in [0.25, 0.3) is 0 Å². The second-order valence-corrected chi connectivity index (χ2v) is 5.26. The fourth-order valence-corrected chi connectivity index (χ4v) is 2.16. The Hall–Kier alpha value is -2.36. The Labute approximate surface area is 131 Å². The van der Waals surface area contributed by atoms with Gasteiger partial charge < -0.3 is 10.5 Å². The van der Waals surface area contributed by atoms with Crippen LogP contribution >= 0.6 is 0 Å². The van der Waals surface area contributed by atoms with Crippen molar-refractivity contribution in [3.63, 3.8) is 0 Å². The first kappa shape index (κ1) is 16.0. The number of rotatable bonds is 7. The molecule has 0 fully saturated rings. The fourth-order valence-electron chi connectivity index (χ4n) is 2.16. The molecule has 1 aromatic rings. The Balaban J connectivity index is 2.05. The summed E-state index contributed by atoms with van der Waals surface area (Å²) in [6.07, 6.45) is 7.96. The number of aliphatic imine (C=N–C) groups is 1. The summed E-state index contributed by atoms with van der Waals surface area (Å²) in [6.45, 7) is 2.83. The van der Waals surface area contributed by atoms with Crippen LogP contribution in [0.1, 0.15) is 32.6 Å². The van der Waals surface area contributed by atoms with E-state index in [0.717, 1.165) is 18.5 Å². The number of nitrogens with zero attached hydrogens (tertiary/aromatic N) is 1. The van der Waals surface area contributed by atoms with Crippen LogP contribution in [-0.2, 0) is 4.74 Å². The highest BCUT2D eigenvalue weighted by molar-refractivity contribution is 6.50. The molecule has 0 spiro atoms. The third kappa shape index (κ3) is 4.58. The predicted octanol–water partition coefficient (Wildman–Crippen LogP) is 4.12. The number of nitrogens with two attached hydrogens (primary N) is 1. The number of nitrogens with one attached hydrogen (secondary N) is 1. The van der Waals surface area contributed by atoms with Gasteiger partial charge >= 0.3 is 0 Å². The maximum Gasteiger partial charge on any atom is 0.144 e. The van der Waals surface area contributed by atoms with Gasteiger partial charge in [0.05, 0.1) is 29.4 Å². The lowest BCUT2D eigenvalue weighted by molar-refractivity contribution is 0.212. The zero-order valence-electron chi connectivity index (χ0n) is 13.0. The van der Waals surface area contributed by atoms with Crippen molar-refractivity contribution in [1.82, 2.24) is 0 Å². The molecule has 3 N–H and O–H groups in total. The maximum atomic E-state index is 8.00. The zero-order chi connectivity index (χ0) is 15.8. The van der Waals surface area contributed by atoms with Crippen molar-refractivity contribution in [3.05, 3.63) is 53.9 Å². The van der Waals surface area contributed by atoms with Gasteiger partial charge in [0.25, 0.3) is 0 Å². The van der Waals surface area contributed by atoms with Crippen LogP contribution in [0.3, 0.4) is 0 Å². The number of allylic oxidation sites excluding steroid dienone is 2. The van der Waals surface area contributed by atoms with E-state index in [1.54, 1.807) is 12.2 Å². The van der Waals surface area contributed by atoms with Crippen LogP contribution in [0.5, 0.6) is 0 Å². The zero-order valence-corrected chi connectivity index (χ0v) is 13.0. The molecular formula is C18H23N3O. The summed E-state index contributed by atoms with van der Waals surface area (Å²) >= 11 is 0. The quantitative estimate of drug-likeness (QED) is 0.587. The van der Waals surface area contributed by atoms with Gasteiger partial charge in [0.1, 0.15) is 5.76 Å². The molecule has 1 aliphatic carbocycles. The molecule has 0 saturated heterocycles. The van der Waals surface area contributed by atoms with Crippen LogP contribution < -0.4 is 5.73 Å². The Morgan fingerprint density at radius 1 is 1.09 bits per heavy atom. The Bertz CT molecular complexity index is 600. The number of hydrogen-bond acceptors (Lipinski definition) is 4. The van der Waals surface area contributed by atoms with Crippen LogP contribution in [0.2, 0.25) is 0 Å². The molecule has 0 aliphatic heterocycles. The van der Waals surface area contributed by atoms with E-state index >= 15 is 0 Å². The highest BCUT2D eigenvalue weighted by Gasteiger charge is 2.15. The molecular weight excluding hydrogens is 274 g/mol. The van der Waals surface area contributed by atoms with Crippen LogP contribution in [0, 0.1) is 5.41 Å². The standard InChI is InChI=1S/C18H23N3O/c1-2-3-4-8-11-22-18-13-17(15(19)12-16(18)20)21-14-9-6-5-7-10-14/h5-7,9-10,12-13,19H,2-4,8,11,20H2,1H3. The summed E-state index contributed by atoms with van der Waals surface area (Å²) in [5, 5.41) is 8.00. The number of benzene rings is 1. The fraction of sp³-hybridized carbons (Fsp3) is 0.333. The molecule has 1 aromatic carbocycles. The maximum absolute atomic E-state index is 8.00. The van der Waals surface area contributed by atoms with E-state index in [1.807, 2.05) is 30.3 Å². The van der Waals surface area contributed by atoms with Crippen molar-refractivity contribution in [2.75, 3.05) is 6.61 Å². The second-order valence-electron chi connectivity index (χ2n) is 5.26. The molecule has 0 aromatic heterocycles. The number of hydrogen-bond donors (Lipinski definition) is 2. The smallest absolute Gasteiger partial charge is 0.144 e. The minimum Gasteiger partial charge on any atom is -0.491 e. The molecule has 4 heteroatoms. The molecule has 0 radical (unpaired) electrons. The van der Waals surface area contributed by atoms with Crippen LogP contribution in [-0.4, -0.2) is 18.0 Å². The molecule has 0 heterocycles. The van der Waals surface area contributed by atoms with Crippen molar-refractivity contribution in [3.8, 4) is 0 Å². The lowest BCUT2D eigenvalue weighted by Gasteiger charge is -2.16. The van der Waals surface area contributed by atoms with Crippen molar-refractivity contribution in [2.45, 2.75) is 32.6 Å². The minimum absolute atomic E-state index is 0.305. The molecule has 0 unspecified atom stereocenters. The molecule has 0 saturated carbocycles. The van der Waals surface area contributed by atoms with Crippen LogP contribution in [0.15, 0.2) is 58.9 Å². The molecule has 116 valence electrons. The first-order chi connectivity index (χ1) is 10.7. The van der Waals surface area contributed by atoms with E-state index < -0.39 is 0 Å². The Kier molecular flexibility index (Phi) is 5.95. The largest absolute Gasteiger partial charge is 0.491 e. The topological polar surface area (TPSA) is 71.5 Å².